The van der Waals surface area contributed by atoms with Crippen molar-refractivity contribution in [3.63, 3.8) is 0 Å². The maximum atomic E-state index is 13.6. The largest absolute Gasteiger partial charge is 0.422 e. The Bertz CT molecular complexity index is 613. The fourth-order valence-corrected chi connectivity index (χ4v) is 1.27. The molecule has 0 saturated carbocycles. The lowest BCUT2D eigenvalue weighted by Crippen LogP contribution is -2.16. The van der Waals surface area contributed by atoms with Crippen LogP contribution in [0.2, 0.25) is 0 Å². The van der Waals surface area contributed by atoms with Gasteiger partial charge in [0.2, 0.25) is 0 Å². The van der Waals surface area contributed by atoms with Crippen molar-refractivity contribution < 1.29 is 17.6 Å². The number of nitriles is 3. The zero-order valence-corrected chi connectivity index (χ0v) is 8.51. The second-order valence-corrected chi connectivity index (χ2v) is 3.03. The van der Waals surface area contributed by atoms with Crippen LogP contribution in [-0.4, -0.2) is 4.98 Å². The number of nitrogens with zero attached hydrogens (tertiary/aromatic N) is 4. The van der Waals surface area contributed by atoms with E-state index < -0.39 is 40.9 Å². The van der Waals surface area contributed by atoms with Gasteiger partial charge in [-0.15, -0.1) is 0 Å². The van der Waals surface area contributed by atoms with Gasteiger partial charge >= 0.3 is 6.18 Å². The Labute approximate surface area is 98.3 Å². The molecule has 18 heavy (non-hydrogen) atoms. The highest BCUT2D eigenvalue weighted by atomic mass is 19.4. The lowest BCUT2D eigenvalue weighted by Gasteiger charge is -2.12. The standard InChI is InChI=1S/C10H2F4N4/c11-9-5(1-2-15)6(3-16)18-7(4-17)8(9)10(12,13)14/h1H2. The van der Waals surface area contributed by atoms with Crippen molar-refractivity contribution in [2.75, 3.05) is 0 Å². The number of hydrogen-bond acceptors (Lipinski definition) is 4. The van der Waals surface area contributed by atoms with Crippen LogP contribution in [0, 0.1) is 39.8 Å². The molecule has 0 saturated heterocycles. The monoisotopic (exact) mass is 254 g/mol. The SMILES string of the molecule is N#CCc1c(C#N)nc(C#N)c(C(F)(F)F)c1F. The molecule has 0 atom stereocenters. The predicted octanol–water partition coefficient (Wildman–Crippen LogP) is 2.05. The minimum atomic E-state index is -5.12. The quantitative estimate of drug-likeness (QED) is 0.718. The Balaban J connectivity index is 3.75. The highest BCUT2D eigenvalue weighted by Crippen LogP contribution is 2.35. The number of halogens is 4. The van der Waals surface area contributed by atoms with Crippen LogP contribution in [0.3, 0.4) is 0 Å². The van der Waals surface area contributed by atoms with E-state index in [1.807, 2.05) is 0 Å². The molecule has 0 amide bonds. The predicted molar refractivity (Wildman–Crippen MR) is 47.9 cm³/mol. The van der Waals surface area contributed by atoms with E-state index in [1.54, 1.807) is 0 Å². The van der Waals surface area contributed by atoms with Crippen molar-refractivity contribution in [2.24, 2.45) is 0 Å². The summed E-state index contributed by atoms with van der Waals surface area (Å²) in [5.74, 6) is -1.80. The minimum absolute atomic E-state index is 0.696. The molecule has 90 valence electrons. The molecule has 0 aliphatic carbocycles. The van der Waals surface area contributed by atoms with Gasteiger partial charge in [0.25, 0.3) is 0 Å². The van der Waals surface area contributed by atoms with E-state index in [9.17, 15) is 17.6 Å². The highest BCUT2D eigenvalue weighted by molar-refractivity contribution is 5.45. The molecule has 0 fully saturated rings. The average molecular weight is 254 g/mol. The van der Waals surface area contributed by atoms with E-state index in [2.05, 4.69) is 4.98 Å². The third kappa shape index (κ3) is 2.21. The molecule has 0 unspecified atom stereocenters. The van der Waals surface area contributed by atoms with Gasteiger partial charge in [-0.2, -0.15) is 29.0 Å². The maximum Gasteiger partial charge on any atom is 0.422 e. The van der Waals surface area contributed by atoms with Crippen molar-refractivity contribution >= 4 is 0 Å². The first kappa shape index (κ1) is 13.4. The van der Waals surface area contributed by atoms with E-state index >= 15 is 0 Å². The van der Waals surface area contributed by atoms with E-state index in [4.69, 9.17) is 15.8 Å². The zero-order chi connectivity index (χ0) is 13.9. The molecule has 0 spiro atoms. The van der Waals surface area contributed by atoms with Crippen LogP contribution >= 0.6 is 0 Å². The summed E-state index contributed by atoms with van der Waals surface area (Å²) in [5.41, 5.74) is -4.53. The van der Waals surface area contributed by atoms with Crippen molar-refractivity contribution in [1.82, 2.24) is 4.98 Å². The smallest absolute Gasteiger partial charge is 0.225 e. The zero-order valence-electron chi connectivity index (χ0n) is 8.51. The molecular formula is C10H2F4N4. The van der Waals surface area contributed by atoms with Gasteiger partial charge in [0, 0.05) is 5.56 Å². The highest BCUT2D eigenvalue weighted by Gasteiger charge is 2.40. The first-order chi connectivity index (χ1) is 8.36. The minimum Gasteiger partial charge on any atom is -0.225 e. The van der Waals surface area contributed by atoms with Gasteiger partial charge in [-0.3, -0.25) is 0 Å². The summed E-state index contributed by atoms with van der Waals surface area (Å²) in [6.07, 6.45) is -5.86. The lowest BCUT2D eigenvalue weighted by atomic mass is 10.0. The van der Waals surface area contributed by atoms with E-state index in [1.165, 1.54) is 12.1 Å². The fraction of sp³-hybridized carbons (Fsp3) is 0.200. The van der Waals surface area contributed by atoms with Crippen molar-refractivity contribution in [3.8, 4) is 18.2 Å². The molecule has 0 N–H and O–H groups in total. The number of hydrogen-bond donors (Lipinski definition) is 0. The molecule has 0 radical (unpaired) electrons. The summed E-state index contributed by atoms with van der Waals surface area (Å²) < 4.78 is 51.3. The van der Waals surface area contributed by atoms with Crippen LogP contribution in [-0.2, 0) is 12.6 Å². The van der Waals surface area contributed by atoms with E-state index in [-0.39, 0.29) is 0 Å². The van der Waals surface area contributed by atoms with Crippen LogP contribution in [0.1, 0.15) is 22.5 Å². The topological polar surface area (TPSA) is 84.3 Å². The summed E-state index contributed by atoms with van der Waals surface area (Å²) in [4.78, 5) is 3.12. The van der Waals surface area contributed by atoms with Crippen LogP contribution < -0.4 is 0 Å². The average Bonchev–Trinajstić information content (AvgIpc) is 2.29. The first-order valence-electron chi connectivity index (χ1n) is 4.33. The van der Waals surface area contributed by atoms with Gasteiger partial charge < -0.3 is 0 Å². The molecule has 8 heteroatoms. The second-order valence-electron chi connectivity index (χ2n) is 3.03. The second kappa shape index (κ2) is 4.68. The van der Waals surface area contributed by atoms with Gasteiger partial charge in [-0.1, -0.05) is 0 Å². The Morgan fingerprint density at radius 1 is 1.06 bits per heavy atom. The molecular weight excluding hydrogens is 252 g/mol. The first-order valence-corrected chi connectivity index (χ1v) is 4.33. The fourth-order valence-electron chi connectivity index (χ4n) is 1.27. The van der Waals surface area contributed by atoms with Crippen LogP contribution in [0.15, 0.2) is 0 Å². The maximum absolute atomic E-state index is 13.6. The Morgan fingerprint density at radius 3 is 2.00 bits per heavy atom. The molecule has 1 rings (SSSR count). The van der Waals surface area contributed by atoms with Gasteiger partial charge in [0.05, 0.1) is 12.5 Å². The van der Waals surface area contributed by atoms with E-state index in [0.717, 1.165) is 6.07 Å². The van der Waals surface area contributed by atoms with Crippen molar-refractivity contribution in [2.45, 2.75) is 12.6 Å². The number of rotatable bonds is 1. The normalized spacial score (nSPS) is 10.3. The number of alkyl halides is 3. The summed E-state index contributed by atoms with van der Waals surface area (Å²) in [6, 6.07) is 3.87. The summed E-state index contributed by atoms with van der Waals surface area (Å²) in [6.45, 7) is 0. The molecule has 0 bridgehead atoms. The van der Waals surface area contributed by atoms with Gasteiger partial charge in [-0.05, 0) is 0 Å². The summed E-state index contributed by atoms with van der Waals surface area (Å²) in [7, 11) is 0. The molecule has 1 aromatic rings. The summed E-state index contributed by atoms with van der Waals surface area (Å²) in [5, 5.41) is 25.5. The molecule has 0 aromatic carbocycles. The third-order valence-electron chi connectivity index (χ3n) is 1.98. The summed E-state index contributed by atoms with van der Waals surface area (Å²) >= 11 is 0. The molecule has 1 heterocycles. The Morgan fingerprint density at radius 2 is 1.61 bits per heavy atom. The Kier molecular flexibility index (Phi) is 3.49. The van der Waals surface area contributed by atoms with Gasteiger partial charge in [0.1, 0.15) is 29.2 Å². The third-order valence-corrected chi connectivity index (χ3v) is 1.98. The lowest BCUT2D eigenvalue weighted by molar-refractivity contribution is -0.140. The number of pyridine rings is 1. The molecule has 0 aliphatic heterocycles. The van der Waals surface area contributed by atoms with Crippen LogP contribution in [0.25, 0.3) is 0 Å². The van der Waals surface area contributed by atoms with Gasteiger partial charge in [-0.25, -0.2) is 9.37 Å². The van der Waals surface area contributed by atoms with Crippen molar-refractivity contribution in [1.29, 1.82) is 15.8 Å². The van der Waals surface area contributed by atoms with Crippen LogP contribution in [0.5, 0.6) is 0 Å². The van der Waals surface area contributed by atoms with Gasteiger partial charge in [0.15, 0.2) is 5.69 Å². The number of aromatic nitrogens is 1. The molecule has 0 aliphatic rings. The van der Waals surface area contributed by atoms with E-state index in [0.29, 0.717) is 0 Å². The van der Waals surface area contributed by atoms with Crippen LogP contribution in [0.4, 0.5) is 17.6 Å². The molecule has 4 nitrogen and oxygen atoms in total. The Hall–Kier alpha value is -2.66. The molecule has 1 aromatic heterocycles. The van der Waals surface area contributed by atoms with Crippen molar-refractivity contribution in [3.05, 3.63) is 28.3 Å².